The minimum absolute atomic E-state index is 0.00473. The molecule has 0 bridgehead atoms. The second-order valence-electron chi connectivity index (χ2n) is 8.96. The van der Waals surface area contributed by atoms with E-state index >= 15 is 0 Å². The molecule has 166 valence electrons. The third-order valence-corrected chi connectivity index (χ3v) is 6.36. The fourth-order valence-corrected chi connectivity index (χ4v) is 4.69. The monoisotopic (exact) mass is 424 g/mol. The Kier molecular flexibility index (Phi) is 6.30. The number of aromatic nitrogens is 2. The molecule has 1 aromatic heterocycles. The van der Waals surface area contributed by atoms with Crippen LogP contribution in [0.15, 0.2) is 35.1 Å². The van der Waals surface area contributed by atoms with Gasteiger partial charge >= 0.3 is 5.69 Å². The van der Waals surface area contributed by atoms with E-state index in [4.69, 9.17) is 0 Å². The summed E-state index contributed by atoms with van der Waals surface area (Å²) >= 11 is 0. The zero-order valence-corrected chi connectivity index (χ0v) is 18.5. The molecule has 4 rings (SSSR count). The molecule has 2 aromatic rings. The van der Waals surface area contributed by atoms with E-state index < -0.39 is 0 Å². The maximum Gasteiger partial charge on any atom is 0.333 e. The number of nitrogens with one attached hydrogen (secondary N) is 1. The second kappa shape index (κ2) is 9.12. The largest absolute Gasteiger partial charge is 0.352 e. The number of carbonyl (C=O) groups excluding carboxylic acids is 2. The van der Waals surface area contributed by atoms with Gasteiger partial charge in [0.2, 0.25) is 11.8 Å². The molecule has 7 nitrogen and oxygen atoms in total. The zero-order valence-electron chi connectivity index (χ0n) is 18.5. The van der Waals surface area contributed by atoms with E-state index in [1.54, 1.807) is 9.13 Å². The number of amides is 2. The molecule has 1 aliphatic heterocycles. The van der Waals surface area contributed by atoms with Crippen molar-refractivity contribution in [2.75, 3.05) is 13.1 Å². The lowest BCUT2D eigenvalue weighted by molar-refractivity contribution is -0.135. The average molecular weight is 425 g/mol. The Morgan fingerprint density at radius 2 is 1.81 bits per heavy atom. The lowest BCUT2D eigenvalue weighted by Crippen LogP contribution is -2.48. The first kappa shape index (κ1) is 21.4. The molecule has 0 radical (unpaired) electrons. The number of hydrogen-bond donors (Lipinski definition) is 1. The molecule has 1 saturated heterocycles. The molecule has 0 saturated carbocycles. The molecule has 1 aromatic carbocycles. The van der Waals surface area contributed by atoms with Crippen LogP contribution in [0.1, 0.15) is 52.4 Å². The van der Waals surface area contributed by atoms with Crippen molar-refractivity contribution in [3.05, 3.63) is 40.8 Å². The normalized spacial score (nSPS) is 17.8. The van der Waals surface area contributed by atoms with Crippen LogP contribution in [-0.2, 0) is 16.1 Å². The molecule has 1 aliphatic carbocycles. The standard InChI is InChI=1S/C24H32N4O3/c1-17(2)23(30)26-14-12-18(13-15-26)25-22(29)16-27-20-10-6-7-11-21(20)28(24(27)31)19-8-4-3-5-9-19/h6-8,10-11,17-18H,3-5,9,12-16H2,1-2H3,(H,25,29). The highest BCUT2D eigenvalue weighted by molar-refractivity contribution is 5.83. The quantitative estimate of drug-likeness (QED) is 0.802. The summed E-state index contributed by atoms with van der Waals surface area (Å²) in [4.78, 5) is 40.1. The van der Waals surface area contributed by atoms with Crippen LogP contribution in [0.2, 0.25) is 0 Å². The fourth-order valence-electron chi connectivity index (χ4n) is 4.69. The Labute approximate surface area is 182 Å². The summed E-state index contributed by atoms with van der Waals surface area (Å²) in [7, 11) is 0. The number of carbonyl (C=O) groups is 2. The highest BCUT2D eigenvalue weighted by Gasteiger charge is 2.26. The molecule has 0 unspecified atom stereocenters. The van der Waals surface area contributed by atoms with Crippen molar-refractivity contribution in [2.45, 2.75) is 65.0 Å². The van der Waals surface area contributed by atoms with Gasteiger partial charge in [-0.3, -0.25) is 18.7 Å². The first-order valence-corrected chi connectivity index (χ1v) is 11.4. The molecule has 2 aliphatic rings. The van der Waals surface area contributed by atoms with Gasteiger partial charge in [-0.1, -0.05) is 32.1 Å². The van der Waals surface area contributed by atoms with Crippen molar-refractivity contribution < 1.29 is 9.59 Å². The minimum atomic E-state index is -0.156. The minimum Gasteiger partial charge on any atom is -0.352 e. The number of rotatable bonds is 5. The maximum absolute atomic E-state index is 13.3. The van der Waals surface area contributed by atoms with E-state index in [0.717, 1.165) is 55.3 Å². The molecule has 1 N–H and O–H groups in total. The van der Waals surface area contributed by atoms with Gasteiger partial charge in [-0.05, 0) is 50.7 Å². The lowest BCUT2D eigenvalue weighted by atomic mass is 10.0. The van der Waals surface area contributed by atoms with Crippen molar-refractivity contribution >= 4 is 28.5 Å². The van der Waals surface area contributed by atoms with Crippen LogP contribution in [0.4, 0.5) is 0 Å². The number of benzene rings is 1. The van der Waals surface area contributed by atoms with Gasteiger partial charge in [0.25, 0.3) is 0 Å². The lowest BCUT2D eigenvalue weighted by Gasteiger charge is -2.33. The van der Waals surface area contributed by atoms with Crippen LogP contribution in [0, 0.1) is 5.92 Å². The van der Waals surface area contributed by atoms with Gasteiger partial charge < -0.3 is 10.2 Å². The molecule has 0 atom stereocenters. The van der Waals surface area contributed by atoms with E-state index in [9.17, 15) is 14.4 Å². The van der Waals surface area contributed by atoms with Gasteiger partial charge in [0.05, 0.1) is 11.0 Å². The topological polar surface area (TPSA) is 76.3 Å². The van der Waals surface area contributed by atoms with Gasteiger partial charge in [0, 0.05) is 30.7 Å². The molecule has 2 amide bonds. The van der Waals surface area contributed by atoms with Gasteiger partial charge in [0.1, 0.15) is 6.54 Å². The number of allylic oxidation sites excluding steroid dienone is 2. The smallest absolute Gasteiger partial charge is 0.333 e. The first-order chi connectivity index (χ1) is 15.0. The Morgan fingerprint density at radius 1 is 1.10 bits per heavy atom. The van der Waals surface area contributed by atoms with Crippen LogP contribution < -0.4 is 11.0 Å². The Balaban J connectivity index is 1.47. The third kappa shape index (κ3) is 4.45. The van der Waals surface area contributed by atoms with Crippen molar-refractivity contribution in [3.63, 3.8) is 0 Å². The first-order valence-electron chi connectivity index (χ1n) is 11.4. The maximum atomic E-state index is 13.3. The summed E-state index contributed by atoms with van der Waals surface area (Å²) in [6.45, 7) is 5.15. The van der Waals surface area contributed by atoms with E-state index in [0.29, 0.717) is 13.1 Å². The van der Waals surface area contributed by atoms with Crippen molar-refractivity contribution in [1.82, 2.24) is 19.4 Å². The Hall–Kier alpha value is -2.83. The van der Waals surface area contributed by atoms with Crippen LogP contribution in [-0.4, -0.2) is 45.0 Å². The van der Waals surface area contributed by atoms with Crippen LogP contribution in [0.5, 0.6) is 0 Å². The molecular formula is C24H32N4O3. The predicted octanol–water partition coefficient (Wildman–Crippen LogP) is 2.98. The number of hydrogen-bond acceptors (Lipinski definition) is 3. The van der Waals surface area contributed by atoms with E-state index in [1.807, 2.05) is 43.0 Å². The summed E-state index contributed by atoms with van der Waals surface area (Å²) < 4.78 is 3.36. The van der Waals surface area contributed by atoms with E-state index in [-0.39, 0.29) is 36.0 Å². The molecule has 31 heavy (non-hydrogen) atoms. The highest BCUT2D eigenvalue weighted by atomic mass is 16.2. The number of likely N-dealkylation sites (tertiary alicyclic amines) is 1. The summed E-state index contributed by atoms with van der Waals surface area (Å²) in [6.07, 6.45) is 7.74. The second-order valence-corrected chi connectivity index (χ2v) is 8.96. The van der Waals surface area contributed by atoms with Crippen LogP contribution in [0.3, 0.4) is 0 Å². The van der Waals surface area contributed by atoms with Crippen LogP contribution in [0.25, 0.3) is 16.7 Å². The van der Waals surface area contributed by atoms with Gasteiger partial charge in [-0.25, -0.2) is 4.79 Å². The molecule has 0 spiro atoms. The van der Waals surface area contributed by atoms with Crippen molar-refractivity contribution in [3.8, 4) is 0 Å². The van der Waals surface area contributed by atoms with E-state index in [1.165, 1.54) is 0 Å². The summed E-state index contributed by atoms with van der Waals surface area (Å²) in [5.41, 5.74) is 2.52. The molecule has 7 heteroatoms. The Bertz CT molecular complexity index is 1050. The number of imidazole rings is 1. The average Bonchev–Trinajstić information content (AvgIpc) is 3.05. The number of piperidine rings is 1. The molecule has 1 fully saturated rings. The number of fused-ring (bicyclic) bond motifs is 1. The zero-order chi connectivity index (χ0) is 22.0. The van der Waals surface area contributed by atoms with Crippen molar-refractivity contribution in [2.24, 2.45) is 5.92 Å². The highest BCUT2D eigenvalue weighted by Crippen LogP contribution is 2.24. The Morgan fingerprint density at radius 3 is 2.45 bits per heavy atom. The van der Waals surface area contributed by atoms with Gasteiger partial charge in [-0.15, -0.1) is 0 Å². The summed E-state index contributed by atoms with van der Waals surface area (Å²) in [6, 6.07) is 7.71. The van der Waals surface area contributed by atoms with E-state index in [2.05, 4.69) is 11.4 Å². The summed E-state index contributed by atoms with van der Waals surface area (Å²) in [5.74, 6) is 0.00651. The van der Waals surface area contributed by atoms with Crippen LogP contribution >= 0.6 is 0 Å². The number of nitrogens with zero attached hydrogens (tertiary/aromatic N) is 3. The molecule has 2 heterocycles. The fraction of sp³-hybridized carbons (Fsp3) is 0.542. The third-order valence-electron chi connectivity index (χ3n) is 6.36. The molecular weight excluding hydrogens is 392 g/mol. The SMILES string of the molecule is CC(C)C(=O)N1CCC(NC(=O)Cn2c(=O)n(C3=CCCCC3)c3ccccc32)CC1. The van der Waals surface area contributed by atoms with Gasteiger partial charge in [-0.2, -0.15) is 0 Å². The van der Waals surface area contributed by atoms with Crippen molar-refractivity contribution in [1.29, 1.82) is 0 Å². The summed E-state index contributed by atoms with van der Waals surface area (Å²) in [5, 5.41) is 3.08. The predicted molar refractivity (Wildman–Crippen MR) is 122 cm³/mol. The number of para-hydroxylation sites is 2. The van der Waals surface area contributed by atoms with Gasteiger partial charge in [0.15, 0.2) is 0 Å².